The molecule has 0 aliphatic carbocycles. The van der Waals surface area contributed by atoms with Crippen LogP contribution >= 0.6 is 0 Å². The van der Waals surface area contributed by atoms with Crippen molar-refractivity contribution in [3.63, 3.8) is 0 Å². The van der Waals surface area contributed by atoms with Gasteiger partial charge < -0.3 is 20.4 Å². The second-order valence-electron chi connectivity index (χ2n) is 9.06. The molecule has 3 unspecified atom stereocenters. The van der Waals surface area contributed by atoms with E-state index in [1.54, 1.807) is 0 Å². The third kappa shape index (κ3) is 6.59. The monoisotopic (exact) mass is 415 g/mol. The van der Waals surface area contributed by atoms with Gasteiger partial charge in [-0.2, -0.15) is 0 Å². The summed E-state index contributed by atoms with van der Waals surface area (Å²) in [5.41, 5.74) is 1.58. The summed E-state index contributed by atoms with van der Waals surface area (Å²) in [6.45, 7) is 10.4. The Morgan fingerprint density at radius 1 is 1.13 bits per heavy atom. The second kappa shape index (κ2) is 10.6. The normalized spacial score (nSPS) is 14.9. The molecule has 3 atom stereocenters. The Hall–Kier alpha value is -2.34. The number of unbranched alkanes of at least 4 members (excludes halogenated alkanes) is 1. The number of fused-ring (bicyclic) bond motifs is 1. The van der Waals surface area contributed by atoms with E-state index >= 15 is 0 Å². The molecule has 1 heterocycles. The molecular formula is C24H37N3O3. The van der Waals surface area contributed by atoms with Gasteiger partial charge >= 0.3 is 5.97 Å². The summed E-state index contributed by atoms with van der Waals surface area (Å²) >= 11 is 0. The van der Waals surface area contributed by atoms with E-state index in [0.717, 1.165) is 35.9 Å². The highest BCUT2D eigenvalue weighted by molar-refractivity contribution is 5.88. The van der Waals surface area contributed by atoms with Crippen LogP contribution < -0.4 is 10.6 Å². The highest BCUT2D eigenvalue weighted by Gasteiger charge is 2.30. The predicted octanol–water partition coefficient (Wildman–Crippen LogP) is 4.12. The fourth-order valence-corrected chi connectivity index (χ4v) is 3.54. The third-order valence-electron chi connectivity index (χ3n) is 5.45. The molecule has 0 aliphatic heterocycles. The standard InChI is InChI=1S/C24H37N3O3/c1-16(19-15-26-20-12-8-7-11-18(19)20)17(2)22(28)27-21(13-9-10-14-25-6)23(29)30-24(3,4)5/h7-8,11-12,15-17,21,25-26H,9-10,13-14H2,1-6H3,(H,27,28). The lowest BCUT2D eigenvalue weighted by molar-refractivity contribution is -0.159. The first kappa shape index (κ1) is 23.9. The number of ether oxygens (including phenoxy) is 1. The van der Waals surface area contributed by atoms with Crippen LogP contribution in [0.5, 0.6) is 0 Å². The average molecular weight is 416 g/mol. The van der Waals surface area contributed by atoms with Gasteiger partial charge in [-0.3, -0.25) is 4.79 Å². The van der Waals surface area contributed by atoms with Gasteiger partial charge in [-0.15, -0.1) is 0 Å². The fraction of sp³-hybridized carbons (Fsp3) is 0.583. The van der Waals surface area contributed by atoms with E-state index in [4.69, 9.17) is 4.74 Å². The van der Waals surface area contributed by atoms with Crippen LogP contribution in [0.1, 0.15) is 65.4 Å². The molecule has 1 aromatic heterocycles. The van der Waals surface area contributed by atoms with E-state index in [2.05, 4.69) is 28.6 Å². The maximum atomic E-state index is 13.0. The average Bonchev–Trinajstić information content (AvgIpc) is 3.11. The molecule has 6 heteroatoms. The van der Waals surface area contributed by atoms with E-state index in [1.165, 1.54) is 0 Å². The molecular weight excluding hydrogens is 378 g/mol. The zero-order valence-corrected chi connectivity index (χ0v) is 19.2. The van der Waals surface area contributed by atoms with Crippen molar-refractivity contribution in [2.75, 3.05) is 13.6 Å². The summed E-state index contributed by atoms with van der Waals surface area (Å²) < 4.78 is 5.55. The van der Waals surface area contributed by atoms with Crippen molar-refractivity contribution in [2.45, 2.75) is 71.4 Å². The summed E-state index contributed by atoms with van der Waals surface area (Å²) in [6.07, 6.45) is 4.31. The summed E-state index contributed by atoms with van der Waals surface area (Å²) in [4.78, 5) is 29.0. The van der Waals surface area contributed by atoms with Crippen molar-refractivity contribution in [1.82, 2.24) is 15.6 Å². The number of nitrogens with one attached hydrogen (secondary N) is 3. The largest absolute Gasteiger partial charge is 0.458 e. The lowest BCUT2D eigenvalue weighted by atomic mass is 9.88. The lowest BCUT2D eigenvalue weighted by Gasteiger charge is -2.26. The van der Waals surface area contributed by atoms with Crippen LogP contribution in [-0.4, -0.2) is 42.1 Å². The van der Waals surface area contributed by atoms with Crippen molar-refractivity contribution < 1.29 is 14.3 Å². The Balaban J connectivity index is 2.08. The lowest BCUT2D eigenvalue weighted by Crippen LogP contribution is -2.46. The molecule has 0 saturated carbocycles. The van der Waals surface area contributed by atoms with Gasteiger partial charge in [0.25, 0.3) is 0 Å². The molecule has 3 N–H and O–H groups in total. The topological polar surface area (TPSA) is 83.2 Å². The van der Waals surface area contributed by atoms with Gasteiger partial charge in [0.1, 0.15) is 11.6 Å². The molecule has 2 aromatic rings. The molecule has 6 nitrogen and oxygen atoms in total. The molecule has 0 bridgehead atoms. The van der Waals surface area contributed by atoms with Crippen LogP contribution in [0.3, 0.4) is 0 Å². The van der Waals surface area contributed by atoms with Gasteiger partial charge in [-0.25, -0.2) is 4.79 Å². The zero-order chi connectivity index (χ0) is 22.3. The third-order valence-corrected chi connectivity index (χ3v) is 5.45. The first-order chi connectivity index (χ1) is 14.1. The number of H-pyrrole nitrogens is 1. The molecule has 0 aliphatic rings. The molecule has 2 rings (SSSR count). The van der Waals surface area contributed by atoms with Gasteiger partial charge in [0, 0.05) is 23.0 Å². The number of carbonyl (C=O) groups is 2. The van der Waals surface area contributed by atoms with Crippen LogP contribution in [0.15, 0.2) is 30.5 Å². The predicted molar refractivity (Wildman–Crippen MR) is 121 cm³/mol. The Kier molecular flexibility index (Phi) is 8.47. The van der Waals surface area contributed by atoms with Gasteiger partial charge in [-0.1, -0.05) is 32.0 Å². The fourth-order valence-electron chi connectivity index (χ4n) is 3.54. The minimum absolute atomic E-state index is 0.00438. The maximum absolute atomic E-state index is 13.0. The number of amides is 1. The number of esters is 1. The molecule has 0 fully saturated rings. The van der Waals surface area contributed by atoms with Crippen LogP contribution in [0.25, 0.3) is 10.9 Å². The summed E-state index contributed by atoms with van der Waals surface area (Å²) in [5.74, 6) is -0.777. The van der Waals surface area contributed by atoms with Gasteiger partial charge in [-0.05, 0) is 71.2 Å². The Morgan fingerprint density at radius 3 is 2.50 bits per heavy atom. The number of hydrogen-bond acceptors (Lipinski definition) is 4. The van der Waals surface area contributed by atoms with Gasteiger partial charge in [0.05, 0.1) is 0 Å². The first-order valence-electron chi connectivity index (χ1n) is 10.9. The summed E-state index contributed by atoms with van der Waals surface area (Å²) in [6, 6.07) is 7.45. The van der Waals surface area contributed by atoms with Crippen molar-refractivity contribution >= 4 is 22.8 Å². The number of rotatable bonds is 10. The molecule has 1 aromatic carbocycles. The Labute approximate surface area is 180 Å². The number of benzene rings is 1. The SMILES string of the molecule is CNCCCCC(NC(=O)C(C)C(C)c1c[nH]c2ccccc12)C(=O)OC(C)(C)C. The molecule has 0 spiro atoms. The van der Waals surface area contributed by atoms with Crippen molar-refractivity contribution in [3.05, 3.63) is 36.0 Å². The van der Waals surface area contributed by atoms with Gasteiger partial charge in [0.15, 0.2) is 0 Å². The van der Waals surface area contributed by atoms with Crippen LogP contribution in [0.4, 0.5) is 0 Å². The van der Waals surface area contributed by atoms with Gasteiger partial charge in [0.2, 0.25) is 5.91 Å². The van der Waals surface area contributed by atoms with Crippen molar-refractivity contribution in [1.29, 1.82) is 0 Å². The molecule has 1 amide bonds. The van der Waals surface area contributed by atoms with Crippen molar-refractivity contribution in [2.24, 2.45) is 5.92 Å². The van der Waals surface area contributed by atoms with E-state index in [-0.39, 0.29) is 23.7 Å². The maximum Gasteiger partial charge on any atom is 0.329 e. The highest BCUT2D eigenvalue weighted by atomic mass is 16.6. The van der Waals surface area contributed by atoms with Crippen LogP contribution in [0, 0.1) is 5.92 Å². The van der Waals surface area contributed by atoms with E-state index < -0.39 is 11.6 Å². The summed E-state index contributed by atoms with van der Waals surface area (Å²) in [5, 5.41) is 7.19. The second-order valence-corrected chi connectivity index (χ2v) is 9.06. The zero-order valence-electron chi connectivity index (χ0n) is 19.2. The number of aromatic amines is 1. The molecule has 30 heavy (non-hydrogen) atoms. The number of carbonyl (C=O) groups excluding carboxylic acids is 2. The van der Waals surface area contributed by atoms with E-state index in [0.29, 0.717) is 6.42 Å². The number of aromatic nitrogens is 1. The first-order valence-corrected chi connectivity index (χ1v) is 10.9. The quantitative estimate of drug-likeness (QED) is 0.403. The molecule has 0 saturated heterocycles. The smallest absolute Gasteiger partial charge is 0.329 e. The van der Waals surface area contributed by atoms with Crippen LogP contribution in [0.2, 0.25) is 0 Å². The minimum Gasteiger partial charge on any atom is -0.458 e. The number of hydrogen-bond donors (Lipinski definition) is 3. The van der Waals surface area contributed by atoms with Crippen molar-refractivity contribution in [3.8, 4) is 0 Å². The highest BCUT2D eigenvalue weighted by Crippen LogP contribution is 2.30. The Morgan fingerprint density at radius 2 is 1.83 bits per heavy atom. The summed E-state index contributed by atoms with van der Waals surface area (Å²) in [7, 11) is 1.90. The molecule has 0 radical (unpaired) electrons. The Bertz CT molecular complexity index is 838. The van der Waals surface area contributed by atoms with Crippen LogP contribution in [-0.2, 0) is 14.3 Å². The molecule has 166 valence electrons. The van der Waals surface area contributed by atoms with E-state index in [1.807, 2.05) is 59.1 Å². The minimum atomic E-state index is -0.633. The van der Waals surface area contributed by atoms with E-state index in [9.17, 15) is 9.59 Å². The number of para-hydroxylation sites is 1.